The zero-order valence-corrected chi connectivity index (χ0v) is 16.6. The van der Waals surface area contributed by atoms with Crippen LogP contribution in [-0.2, 0) is 22.6 Å². The Labute approximate surface area is 169 Å². The van der Waals surface area contributed by atoms with Gasteiger partial charge in [0.2, 0.25) is 11.8 Å². The first-order valence-electron chi connectivity index (χ1n) is 9.62. The first-order valence-corrected chi connectivity index (χ1v) is 9.62. The minimum absolute atomic E-state index is 0.152. The van der Waals surface area contributed by atoms with Crippen LogP contribution in [0, 0.1) is 5.82 Å². The number of nitrogens with zero attached hydrogens (tertiary/aromatic N) is 1. The van der Waals surface area contributed by atoms with Gasteiger partial charge >= 0.3 is 0 Å². The molecule has 154 valence electrons. The first kappa shape index (κ1) is 20.6. The fourth-order valence-corrected chi connectivity index (χ4v) is 3.22. The van der Waals surface area contributed by atoms with Crippen LogP contribution in [0.25, 0.3) is 0 Å². The van der Waals surface area contributed by atoms with Crippen molar-refractivity contribution in [1.82, 2.24) is 10.2 Å². The molecule has 0 spiro atoms. The summed E-state index contributed by atoms with van der Waals surface area (Å²) < 4.78 is 24.3. The van der Waals surface area contributed by atoms with Crippen molar-refractivity contribution in [2.24, 2.45) is 0 Å². The summed E-state index contributed by atoms with van der Waals surface area (Å²) >= 11 is 0. The van der Waals surface area contributed by atoms with E-state index < -0.39 is 6.04 Å². The second kappa shape index (κ2) is 9.41. The molecule has 29 heavy (non-hydrogen) atoms. The zero-order valence-electron chi connectivity index (χ0n) is 16.6. The van der Waals surface area contributed by atoms with Crippen molar-refractivity contribution < 1.29 is 23.5 Å². The monoisotopic (exact) mass is 400 g/mol. The smallest absolute Gasteiger partial charge is 0.242 e. The highest BCUT2D eigenvalue weighted by Gasteiger charge is 2.25. The fourth-order valence-electron chi connectivity index (χ4n) is 3.22. The Morgan fingerprint density at radius 1 is 1.07 bits per heavy atom. The van der Waals surface area contributed by atoms with Crippen LogP contribution in [0.3, 0.4) is 0 Å². The van der Waals surface area contributed by atoms with E-state index >= 15 is 0 Å². The van der Waals surface area contributed by atoms with E-state index in [1.807, 2.05) is 18.2 Å². The number of rotatable bonds is 7. The Bertz CT molecular complexity index is 870. The van der Waals surface area contributed by atoms with Gasteiger partial charge in [-0.2, -0.15) is 0 Å². The number of carbonyl (C=O) groups is 2. The molecule has 1 N–H and O–H groups in total. The number of halogens is 1. The second-order valence-corrected chi connectivity index (χ2v) is 6.92. The molecular weight excluding hydrogens is 375 g/mol. The average molecular weight is 400 g/mol. The summed E-state index contributed by atoms with van der Waals surface area (Å²) in [5, 5.41) is 2.58. The van der Waals surface area contributed by atoms with Crippen molar-refractivity contribution >= 4 is 11.8 Å². The SMILES string of the molecule is CNC(=O)C(C)N(Cc1ccc(F)cc1)C(=O)CCc1ccc2c(c1)OCCO2. The number of hydrogen-bond acceptors (Lipinski definition) is 4. The van der Waals surface area contributed by atoms with Crippen LogP contribution in [0.1, 0.15) is 24.5 Å². The third kappa shape index (κ3) is 5.25. The standard InChI is InChI=1S/C22H25FN2O4/c1-15(22(27)24-2)25(14-17-3-7-18(23)8-4-17)21(26)10-6-16-5-9-19-20(13-16)29-12-11-28-19/h3-5,7-9,13,15H,6,10-12,14H2,1-2H3,(H,24,27). The molecule has 3 rings (SSSR count). The Morgan fingerprint density at radius 2 is 1.72 bits per heavy atom. The Balaban J connectivity index is 1.70. The lowest BCUT2D eigenvalue weighted by molar-refractivity contribution is -0.140. The molecule has 0 saturated heterocycles. The van der Waals surface area contributed by atoms with Crippen molar-refractivity contribution in [1.29, 1.82) is 0 Å². The molecule has 0 aliphatic carbocycles. The number of nitrogens with one attached hydrogen (secondary N) is 1. The molecule has 2 amide bonds. The Hall–Kier alpha value is -3.09. The fraction of sp³-hybridized carbons (Fsp3) is 0.364. The van der Waals surface area contributed by atoms with Gasteiger partial charge in [-0.15, -0.1) is 0 Å². The topological polar surface area (TPSA) is 67.9 Å². The normalized spacial score (nSPS) is 13.5. The van der Waals surface area contributed by atoms with Crippen LogP contribution < -0.4 is 14.8 Å². The van der Waals surface area contributed by atoms with Gasteiger partial charge in [-0.3, -0.25) is 9.59 Å². The largest absolute Gasteiger partial charge is 0.486 e. The molecule has 6 nitrogen and oxygen atoms in total. The maximum Gasteiger partial charge on any atom is 0.242 e. The predicted molar refractivity (Wildman–Crippen MR) is 106 cm³/mol. The lowest BCUT2D eigenvalue weighted by Crippen LogP contribution is -2.46. The van der Waals surface area contributed by atoms with E-state index in [1.165, 1.54) is 24.1 Å². The number of ether oxygens (including phenoxy) is 2. The molecule has 1 atom stereocenters. The maximum absolute atomic E-state index is 13.2. The van der Waals surface area contributed by atoms with Crippen LogP contribution in [0.2, 0.25) is 0 Å². The van der Waals surface area contributed by atoms with Gasteiger partial charge in [0, 0.05) is 20.0 Å². The predicted octanol–water partition coefficient (Wildman–Crippen LogP) is 2.69. The zero-order chi connectivity index (χ0) is 20.8. The molecule has 1 aliphatic heterocycles. The number of likely N-dealkylation sites (N-methyl/N-ethyl adjacent to an activating group) is 1. The van der Waals surface area contributed by atoms with Gasteiger partial charge in [-0.05, 0) is 48.7 Å². The lowest BCUT2D eigenvalue weighted by atomic mass is 10.1. The first-order chi connectivity index (χ1) is 14.0. The van der Waals surface area contributed by atoms with Crippen molar-refractivity contribution in [2.75, 3.05) is 20.3 Å². The highest BCUT2D eigenvalue weighted by molar-refractivity contribution is 5.87. The molecular formula is C22H25FN2O4. The van der Waals surface area contributed by atoms with Crippen molar-refractivity contribution in [2.45, 2.75) is 32.4 Å². The van der Waals surface area contributed by atoms with Crippen LogP contribution >= 0.6 is 0 Å². The van der Waals surface area contributed by atoms with Gasteiger partial charge in [-0.25, -0.2) is 4.39 Å². The molecule has 0 aromatic heterocycles. The van der Waals surface area contributed by atoms with Gasteiger partial charge in [0.1, 0.15) is 25.1 Å². The second-order valence-electron chi connectivity index (χ2n) is 6.92. The number of amides is 2. The van der Waals surface area contributed by atoms with E-state index in [4.69, 9.17) is 9.47 Å². The molecule has 1 heterocycles. The van der Waals surface area contributed by atoms with E-state index in [-0.39, 0.29) is 30.6 Å². The molecule has 0 radical (unpaired) electrons. The summed E-state index contributed by atoms with van der Waals surface area (Å²) in [6, 6.07) is 10.9. The molecule has 2 aromatic carbocycles. The molecule has 0 saturated carbocycles. The quantitative estimate of drug-likeness (QED) is 0.776. The van der Waals surface area contributed by atoms with E-state index in [0.717, 1.165) is 11.1 Å². The van der Waals surface area contributed by atoms with Crippen LogP contribution in [-0.4, -0.2) is 43.0 Å². The van der Waals surface area contributed by atoms with Crippen molar-refractivity contribution in [3.63, 3.8) is 0 Å². The summed E-state index contributed by atoms with van der Waals surface area (Å²) in [6.45, 7) is 2.95. The maximum atomic E-state index is 13.2. The third-order valence-electron chi connectivity index (χ3n) is 4.91. The molecule has 1 unspecified atom stereocenters. The minimum atomic E-state index is -0.641. The van der Waals surface area contributed by atoms with Gasteiger partial charge in [0.25, 0.3) is 0 Å². The Morgan fingerprint density at radius 3 is 2.41 bits per heavy atom. The Kier molecular flexibility index (Phi) is 6.69. The van der Waals surface area contributed by atoms with E-state index in [1.54, 1.807) is 19.1 Å². The van der Waals surface area contributed by atoms with Crippen LogP contribution in [0.4, 0.5) is 4.39 Å². The van der Waals surface area contributed by atoms with E-state index in [9.17, 15) is 14.0 Å². The van der Waals surface area contributed by atoms with Crippen LogP contribution in [0.15, 0.2) is 42.5 Å². The summed E-state index contributed by atoms with van der Waals surface area (Å²) in [6.07, 6.45) is 0.748. The number of fused-ring (bicyclic) bond motifs is 1. The van der Waals surface area contributed by atoms with Gasteiger partial charge < -0.3 is 19.7 Å². The van der Waals surface area contributed by atoms with Crippen molar-refractivity contribution in [3.05, 3.63) is 59.4 Å². The van der Waals surface area contributed by atoms with Gasteiger partial charge in [-0.1, -0.05) is 18.2 Å². The number of carbonyl (C=O) groups excluding carboxylic acids is 2. The summed E-state index contributed by atoms with van der Waals surface area (Å²) in [4.78, 5) is 26.6. The summed E-state index contributed by atoms with van der Waals surface area (Å²) in [5.41, 5.74) is 1.71. The lowest BCUT2D eigenvalue weighted by Gasteiger charge is -2.28. The van der Waals surface area contributed by atoms with E-state index in [0.29, 0.717) is 31.1 Å². The molecule has 7 heteroatoms. The molecule has 1 aliphatic rings. The summed E-state index contributed by atoms with van der Waals surface area (Å²) in [7, 11) is 1.54. The molecule has 0 fully saturated rings. The molecule has 0 bridgehead atoms. The number of benzene rings is 2. The van der Waals surface area contributed by atoms with E-state index in [2.05, 4.69) is 5.32 Å². The third-order valence-corrected chi connectivity index (χ3v) is 4.91. The average Bonchev–Trinajstić information content (AvgIpc) is 2.75. The van der Waals surface area contributed by atoms with Crippen molar-refractivity contribution in [3.8, 4) is 11.5 Å². The summed E-state index contributed by atoms with van der Waals surface area (Å²) in [5.74, 6) is 0.644. The number of hydrogen-bond donors (Lipinski definition) is 1. The number of aryl methyl sites for hydroxylation is 1. The minimum Gasteiger partial charge on any atom is -0.486 e. The van der Waals surface area contributed by atoms with Crippen LogP contribution in [0.5, 0.6) is 11.5 Å². The highest BCUT2D eigenvalue weighted by atomic mass is 19.1. The molecule has 2 aromatic rings. The van der Waals surface area contributed by atoms with Gasteiger partial charge in [0.05, 0.1) is 0 Å². The highest BCUT2D eigenvalue weighted by Crippen LogP contribution is 2.31. The van der Waals surface area contributed by atoms with Gasteiger partial charge in [0.15, 0.2) is 11.5 Å².